The maximum atomic E-state index is 4.59. The van der Waals surface area contributed by atoms with Gasteiger partial charge in [-0.1, -0.05) is 13.3 Å². The molecule has 3 atom stereocenters. The molecule has 0 aromatic carbocycles. The first kappa shape index (κ1) is 15.5. The SMILES string of the molecule is CCCNCC1(Cc2c(Br)c(C)nn2C)CC2CCC1C2. The van der Waals surface area contributed by atoms with E-state index in [1.165, 1.54) is 55.2 Å². The summed E-state index contributed by atoms with van der Waals surface area (Å²) in [5, 5.41) is 8.32. The van der Waals surface area contributed by atoms with Gasteiger partial charge in [-0.15, -0.1) is 0 Å². The van der Waals surface area contributed by atoms with Crippen LogP contribution in [0.15, 0.2) is 4.47 Å². The number of aromatic nitrogens is 2. The van der Waals surface area contributed by atoms with Crippen LogP contribution in [-0.4, -0.2) is 22.9 Å². The summed E-state index contributed by atoms with van der Waals surface area (Å²) >= 11 is 3.76. The van der Waals surface area contributed by atoms with Gasteiger partial charge in [-0.05, 0) is 78.8 Å². The van der Waals surface area contributed by atoms with Crippen LogP contribution in [-0.2, 0) is 13.5 Å². The second kappa shape index (κ2) is 6.04. The molecule has 0 amide bonds. The second-order valence-corrected chi connectivity index (χ2v) is 8.06. The van der Waals surface area contributed by atoms with Gasteiger partial charge < -0.3 is 5.32 Å². The highest BCUT2D eigenvalue weighted by atomic mass is 79.9. The van der Waals surface area contributed by atoms with Crippen LogP contribution in [0.1, 0.15) is 50.4 Å². The number of hydrogen-bond donors (Lipinski definition) is 1. The van der Waals surface area contributed by atoms with E-state index >= 15 is 0 Å². The zero-order valence-corrected chi connectivity index (χ0v) is 15.2. The van der Waals surface area contributed by atoms with Crippen LogP contribution in [0.2, 0.25) is 0 Å². The van der Waals surface area contributed by atoms with Crippen molar-refractivity contribution in [2.45, 2.75) is 52.4 Å². The lowest BCUT2D eigenvalue weighted by Gasteiger charge is -2.38. The van der Waals surface area contributed by atoms with Crippen molar-refractivity contribution in [3.63, 3.8) is 0 Å². The number of rotatable bonds is 6. The maximum absolute atomic E-state index is 4.59. The number of nitrogens with zero attached hydrogens (tertiary/aromatic N) is 2. The van der Waals surface area contributed by atoms with Crippen LogP contribution in [0.5, 0.6) is 0 Å². The highest BCUT2D eigenvalue weighted by molar-refractivity contribution is 9.10. The Morgan fingerprint density at radius 1 is 1.43 bits per heavy atom. The van der Waals surface area contributed by atoms with Crippen molar-refractivity contribution in [1.82, 2.24) is 15.1 Å². The van der Waals surface area contributed by atoms with E-state index in [1.807, 2.05) is 0 Å². The molecular weight excluding hydrogens is 326 g/mol. The highest BCUT2D eigenvalue weighted by Crippen LogP contribution is 2.57. The second-order valence-electron chi connectivity index (χ2n) is 7.27. The summed E-state index contributed by atoms with van der Waals surface area (Å²) in [6, 6.07) is 0. The third-order valence-electron chi connectivity index (χ3n) is 5.79. The lowest BCUT2D eigenvalue weighted by Crippen LogP contribution is -2.41. The summed E-state index contributed by atoms with van der Waals surface area (Å²) in [6.07, 6.45) is 8.16. The molecule has 1 heterocycles. The van der Waals surface area contributed by atoms with E-state index in [4.69, 9.17) is 0 Å². The minimum absolute atomic E-state index is 0.459. The molecular formula is C17H28BrN3. The molecule has 1 aromatic heterocycles. The first-order chi connectivity index (χ1) is 10.1. The monoisotopic (exact) mass is 353 g/mol. The van der Waals surface area contributed by atoms with Gasteiger partial charge >= 0.3 is 0 Å². The quantitative estimate of drug-likeness (QED) is 0.787. The van der Waals surface area contributed by atoms with Crippen LogP contribution in [0.3, 0.4) is 0 Å². The van der Waals surface area contributed by atoms with Gasteiger partial charge in [-0.3, -0.25) is 4.68 Å². The Bertz CT molecular complexity index is 510. The molecule has 2 fully saturated rings. The van der Waals surface area contributed by atoms with Crippen LogP contribution < -0.4 is 5.32 Å². The summed E-state index contributed by atoms with van der Waals surface area (Å²) in [6.45, 7) is 6.67. The van der Waals surface area contributed by atoms with Crippen LogP contribution in [0.4, 0.5) is 0 Å². The summed E-state index contributed by atoms with van der Waals surface area (Å²) in [5.41, 5.74) is 2.96. The minimum Gasteiger partial charge on any atom is -0.316 e. The van der Waals surface area contributed by atoms with E-state index in [-0.39, 0.29) is 0 Å². The molecule has 2 aliphatic rings. The minimum atomic E-state index is 0.459. The van der Waals surface area contributed by atoms with Gasteiger partial charge in [0, 0.05) is 13.6 Å². The predicted molar refractivity (Wildman–Crippen MR) is 90.4 cm³/mol. The van der Waals surface area contributed by atoms with Gasteiger partial charge in [0.2, 0.25) is 0 Å². The lowest BCUT2D eigenvalue weighted by molar-refractivity contribution is 0.153. The predicted octanol–water partition coefficient (Wildman–Crippen LogP) is 3.84. The molecule has 3 nitrogen and oxygen atoms in total. The van der Waals surface area contributed by atoms with E-state index < -0.39 is 0 Å². The Morgan fingerprint density at radius 2 is 2.24 bits per heavy atom. The standard InChI is InChI=1S/C17H28BrN3/c1-4-7-19-11-17(9-13-5-6-14(17)8-13)10-15-16(18)12(2)20-21(15)3/h13-14,19H,4-11H2,1-3H3. The average molecular weight is 354 g/mol. The molecule has 0 radical (unpaired) electrons. The van der Waals surface area contributed by atoms with Crippen molar-refractivity contribution >= 4 is 15.9 Å². The van der Waals surface area contributed by atoms with Gasteiger partial charge in [-0.25, -0.2) is 0 Å². The van der Waals surface area contributed by atoms with Crippen molar-refractivity contribution in [3.05, 3.63) is 15.9 Å². The van der Waals surface area contributed by atoms with E-state index in [0.29, 0.717) is 5.41 Å². The molecule has 0 aliphatic heterocycles. The first-order valence-corrected chi connectivity index (χ1v) is 9.23. The zero-order valence-electron chi connectivity index (χ0n) is 13.6. The molecule has 4 heteroatoms. The number of fused-ring (bicyclic) bond motifs is 2. The van der Waals surface area contributed by atoms with E-state index in [0.717, 1.165) is 24.1 Å². The molecule has 2 aliphatic carbocycles. The molecule has 118 valence electrons. The Morgan fingerprint density at radius 3 is 2.76 bits per heavy atom. The fourth-order valence-corrected chi connectivity index (χ4v) is 5.25. The first-order valence-electron chi connectivity index (χ1n) is 8.44. The van der Waals surface area contributed by atoms with Crippen LogP contribution in [0.25, 0.3) is 0 Å². The molecule has 2 bridgehead atoms. The molecule has 2 saturated carbocycles. The number of hydrogen-bond acceptors (Lipinski definition) is 2. The fourth-order valence-electron chi connectivity index (χ4n) is 4.77. The van der Waals surface area contributed by atoms with Gasteiger partial charge in [0.25, 0.3) is 0 Å². The van der Waals surface area contributed by atoms with Gasteiger partial charge in [-0.2, -0.15) is 5.10 Å². The van der Waals surface area contributed by atoms with Crippen molar-refractivity contribution in [2.24, 2.45) is 24.3 Å². The Labute approximate surface area is 137 Å². The van der Waals surface area contributed by atoms with E-state index in [2.05, 4.69) is 51.9 Å². The molecule has 0 saturated heterocycles. The molecule has 21 heavy (non-hydrogen) atoms. The van der Waals surface area contributed by atoms with Crippen LogP contribution in [0, 0.1) is 24.2 Å². The summed E-state index contributed by atoms with van der Waals surface area (Å²) in [7, 11) is 2.09. The third kappa shape index (κ3) is 2.81. The third-order valence-corrected chi connectivity index (χ3v) is 6.82. The van der Waals surface area contributed by atoms with Crippen molar-refractivity contribution in [1.29, 1.82) is 0 Å². The van der Waals surface area contributed by atoms with E-state index in [9.17, 15) is 0 Å². The molecule has 1 N–H and O–H groups in total. The Hall–Kier alpha value is -0.350. The summed E-state index contributed by atoms with van der Waals surface area (Å²) in [4.78, 5) is 0. The Kier molecular flexibility index (Phi) is 4.47. The Balaban J connectivity index is 1.82. The van der Waals surface area contributed by atoms with Crippen molar-refractivity contribution in [3.8, 4) is 0 Å². The molecule has 3 rings (SSSR count). The normalized spacial score (nSPS) is 31.2. The largest absolute Gasteiger partial charge is 0.316 e. The van der Waals surface area contributed by atoms with Crippen molar-refractivity contribution in [2.75, 3.05) is 13.1 Å². The lowest BCUT2D eigenvalue weighted by atomic mass is 9.70. The highest BCUT2D eigenvalue weighted by Gasteiger charge is 2.50. The van der Waals surface area contributed by atoms with Gasteiger partial charge in [0.1, 0.15) is 0 Å². The zero-order chi connectivity index (χ0) is 15.0. The maximum Gasteiger partial charge on any atom is 0.0738 e. The van der Waals surface area contributed by atoms with Gasteiger partial charge in [0.05, 0.1) is 15.9 Å². The van der Waals surface area contributed by atoms with E-state index in [1.54, 1.807) is 0 Å². The number of nitrogens with one attached hydrogen (secondary N) is 1. The van der Waals surface area contributed by atoms with Gasteiger partial charge in [0.15, 0.2) is 0 Å². The molecule has 1 aromatic rings. The summed E-state index contributed by atoms with van der Waals surface area (Å²) in [5.74, 6) is 1.89. The average Bonchev–Trinajstić information content (AvgIpc) is 3.10. The van der Waals surface area contributed by atoms with Crippen LogP contribution >= 0.6 is 15.9 Å². The molecule has 3 unspecified atom stereocenters. The molecule has 0 spiro atoms. The topological polar surface area (TPSA) is 29.9 Å². The summed E-state index contributed by atoms with van der Waals surface area (Å²) < 4.78 is 3.31. The number of aryl methyl sites for hydroxylation is 2. The smallest absolute Gasteiger partial charge is 0.0738 e. The fraction of sp³-hybridized carbons (Fsp3) is 0.824. The van der Waals surface area contributed by atoms with Crippen molar-refractivity contribution < 1.29 is 0 Å². The number of halogens is 1.